The van der Waals surface area contributed by atoms with E-state index in [1.54, 1.807) is 6.92 Å². The van der Waals surface area contributed by atoms with Gasteiger partial charge in [0.2, 0.25) is 0 Å². The predicted molar refractivity (Wildman–Crippen MR) is 74.4 cm³/mol. The van der Waals surface area contributed by atoms with Gasteiger partial charge in [-0.1, -0.05) is 15.9 Å². The monoisotopic (exact) mass is 329 g/mol. The van der Waals surface area contributed by atoms with Gasteiger partial charge < -0.3 is 5.11 Å². The lowest BCUT2D eigenvalue weighted by molar-refractivity contribution is -0.153. The summed E-state index contributed by atoms with van der Waals surface area (Å²) in [5.41, 5.74) is -0.0573. The van der Waals surface area contributed by atoms with E-state index in [1.807, 2.05) is 11.0 Å². The summed E-state index contributed by atoms with van der Waals surface area (Å²) in [5, 5.41) is 9.43. The van der Waals surface area contributed by atoms with Crippen LogP contribution in [0.25, 0.3) is 0 Å². The fourth-order valence-corrected chi connectivity index (χ4v) is 3.11. The molecule has 1 aliphatic rings. The Balaban J connectivity index is 2.22. The molecule has 1 fully saturated rings. The lowest BCUT2D eigenvalue weighted by atomic mass is 9.88. The molecular formula is C14H17BrFNO2. The van der Waals surface area contributed by atoms with E-state index in [2.05, 4.69) is 15.9 Å². The van der Waals surface area contributed by atoms with E-state index in [-0.39, 0.29) is 5.82 Å². The van der Waals surface area contributed by atoms with E-state index >= 15 is 0 Å². The number of hydrogen-bond acceptors (Lipinski definition) is 2. The van der Waals surface area contributed by atoms with Crippen LogP contribution in [-0.4, -0.2) is 28.1 Å². The minimum Gasteiger partial charge on any atom is -0.480 e. The van der Waals surface area contributed by atoms with Crippen molar-refractivity contribution in [3.05, 3.63) is 34.1 Å². The highest BCUT2D eigenvalue weighted by Crippen LogP contribution is 2.30. The summed E-state index contributed by atoms with van der Waals surface area (Å²) in [6.07, 6.45) is 2.55. The second kappa shape index (κ2) is 5.59. The van der Waals surface area contributed by atoms with Crippen molar-refractivity contribution in [2.24, 2.45) is 0 Å². The minimum atomic E-state index is -0.850. The molecule has 0 radical (unpaired) electrons. The highest BCUT2D eigenvalue weighted by Gasteiger charge is 2.41. The first-order valence-electron chi connectivity index (χ1n) is 6.35. The number of halogens is 2. The molecule has 104 valence electrons. The molecule has 1 unspecified atom stereocenters. The zero-order chi connectivity index (χ0) is 14.0. The molecule has 0 aromatic heterocycles. The number of benzene rings is 1. The molecule has 3 nitrogen and oxygen atoms in total. The van der Waals surface area contributed by atoms with E-state index in [9.17, 15) is 14.3 Å². The van der Waals surface area contributed by atoms with Crippen molar-refractivity contribution in [2.45, 2.75) is 38.3 Å². The average molecular weight is 330 g/mol. The van der Waals surface area contributed by atoms with Crippen LogP contribution in [0.15, 0.2) is 22.7 Å². The van der Waals surface area contributed by atoms with Crippen molar-refractivity contribution < 1.29 is 14.3 Å². The molecule has 0 aliphatic carbocycles. The number of likely N-dealkylation sites (tertiary alicyclic amines) is 1. The van der Waals surface area contributed by atoms with E-state index < -0.39 is 11.5 Å². The predicted octanol–water partition coefficient (Wildman–Crippen LogP) is 3.42. The normalized spacial score (nSPS) is 24.4. The van der Waals surface area contributed by atoms with Gasteiger partial charge in [-0.3, -0.25) is 9.69 Å². The maximum atomic E-state index is 13.4. The Labute approximate surface area is 120 Å². The van der Waals surface area contributed by atoms with E-state index in [1.165, 1.54) is 12.1 Å². The second-order valence-electron chi connectivity index (χ2n) is 5.24. The highest BCUT2D eigenvalue weighted by molar-refractivity contribution is 9.10. The van der Waals surface area contributed by atoms with Crippen LogP contribution in [0.2, 0.25) is 0 Å². The van der Waals surface area contributed by atoms with Gasteiger partial charge in [-0.25, -0.2) is 4.39 Å². The number of hydrogen-bond donors (Lipinski definition) is 1. The molecule has 1 N–H and O–H groups in total. The van der Waals surface area contributed by atoms with Crippen LogP contribution in [0.4, 0.5) is 4.39 Å². The molecule has 1 aromatic carbocycles. The largest absolute Gasteiger partial charge is 0.480 e. The number of rotatable bonds is 3. The standard InChI is InChI=1S/C14H17BrFNO2/c1-14(13(18)19)4-2-3-5-17(14)9-10-6-11(15)8-12(16)7-10/h6-8H,2-5,9H2,1H3,(H,18,19). The summed E-state index contributed by atoms with van der Waals surface area (Å²) >= 11 is 3.26. The summed E-state index contributed by atoms with van der Waals surface area (Å²) in [7, 11) is 0. The Morgan fingerprint density at radius 3 is 2.84 bits per heavy atom. The maximum Gasteiger partial charge on any atom is 0.323 e. The van der Waals surface area contributed by atoms with Crippen molar-refractivity contribution in [2.75, 3.05) is 6.54 Å². The number of carbonyl (C=O) groups is 1. The number of carboxylic acids is 1. The van der Waals surface area contributed by atoms with Crippen molar-refractivity contribution in [3.8, 4) is 0 Å². The summed E-state index contributed by atoms with van der Waals surface area (Å²) < 4.78 is 14.0. The van der Waals surface area contributed by atoms with Crippen LogP contribution in [0.1, 0.15) is 31.7 Å². The molecule has 1 aromatic rings. The first-order valence-corrected chi connectivity index (χ1v) is 7.14. The third kappa shape index (κ3) is 3.15. The van der Waals surface area contributed by atoms with Crippen LogP contribution in [0.5, 0.6) is 0 Å². The van der Waals surface area contributed by atoms with Gasteiger partial charge in [-0.05, 0) is 56.5 Å². The first-order chi connectivity index (χ1) is 8.91. The van der Waals surface area contributed by atoms with Gasteiger partial charge in [0.15, 0.2) is 0 Å². The SMILES string of the molecule is CC1(C(=O)O)CCCCN1Cc1cc(F)cc(Br)c1. The molecule has 0 saturated carbocycles. The first kappa shape index (κ1) is 14.5. The summed E-state index contributed by atoms with van der Waals surface area (Å²) in [6, 6.07) is 4.69. The molecule has 1 atom stereocenters. The van der Waals surface area contributed by atoms with Crippen LogP contribution in [0.3, 0.4) is 0 Å². The van der Waals surface area contributed by atoms with Gasteiger partial charge in [0.05, 0.1) is 0 Å². The molecule has 0 amide bonds. The lowest BCUT2D eigenvalue weighted by Crippen LogP contribution is -2.54. The van der Waals surface area contributed by atoms with Gasteiger partial charge in [0.1, 0.15) is 11.4 Å². The zero-order valence-corrected chi connectivity index (χ0v) is 12.4. The Kier molecular flexibility index (Phi) is 4.26. The van der Waals surface area contributed by atoms with Crippen molar-refractivity contribution >= 4 is 21.9 Å². The second-order valence-corrected chi connectivity index (χ2v) is 6.15. The van der Waals surface area contributed by atoms with Crippen molar-refractivity contribution in [1.29, 1.82) is 0 Å². The fraction of sp³-hybridized carbons (Fsp3) is 0.500. The molecule has 0 spiro atoms. The van der Waals surface area contributed by atoms with Crippen molar-refractivity contribution in [3.63, 3.8) is 0 Å². The molecule has 2 rings (SSSR count). The van der Waals surface area contributed by atoms with Gasteiger partial charge in [0.25, 0.3) is 0 Å². The topological polar surface area (TPSA) is 40.5 Å². The lowest BCUT2D eigenvalue weighted by Gasteiger charge is -2.41. The summed E-state index contributed by atoms with van der Waals surface area (Å²) in [4.78, 5) is 13.4. The van der Waals surface area contributed by atoms with E-state index in [0.717, 1.165) is 24.9 Å². The molecule has 5 heteroatoms. The van der Waals surface area contributed by atoms with E-state index in [0.29, 0.717) is 17.4 Å². The van der Waals surface area contributed by atoms with Gasteiger partial charge in [0, 0.05) is 11.0 Å². The number of nitrogens with zero attached hydrogens (tertiary/aromatic N) is 1. The smallest absolute Gasteiger partial charge is 0.323 e. The molecule has 0 bridgehead atoms. The number of aliphatic carboxylic acids is 1. The fourth-order valence-electron chi connectivity index (χ4n) is 2.60. The molecule has 1 aliphatic heterocycles. The minimum absolute atomic E-state index is 0.307. The molecule has 1 saturated heterocycles. The molecule has 19 heavy (non-hydrogen) atoms. The van der Waals surface area contributed by atoms with Crippen LogP contribution in [-0.2, 0) is 11.3 Å². The highest BCUT2D eigenvalue weighted by atomic mass is 79.9. The van der Waals surface area contributed by atoms with Gasteiger partial charge in [-0.15, -0.1) is 0 Å². The third-order valence-electron chi connectivity index (χ3n) is 3.80. The Morgan fingerprint density at radius 2 is 2.21 bits per heavy atom. The number of carboxylic acid groups (broad SMARTS) is 1. The molecular weight excluding hydrogens is 313 g/mol. The quantitative estimate of drug-likeness (QED) is 0.923. The van der Waals surface area contributed by atoms with Gasteiger partial charge in [-0.2, -0.15) is 0 Å². The van der Waals surface area contributed by atoms with E-state index in [4.69, 9.17) is 0 Å². The average Bonchev–Trinajstić information content (AvgIpc) is 2.30. The van der Waals surface area contributed by atoms with Crippen LogP contribution >= 0.6 is 15.9 Å². The van der Waals surface area contributed by atoms with Crippen LogP contribution < -0.4 is 0 Å². The van der Waals surface area contributed by atoms with Crippen LogP contribution in [0, 0.1) is 5.82 Å². The Morgan fingerprint density at radius 1 is 1.47 bits per heavy atom. The zero-order valence-electron chi connectivity index (χ0n) is 10.8. The summed E-state index contributed by atoms with van der Waals surface area (Å²) in [5.74, 6) is -1.11. The van der Waals surface area contributed by atoms with Crippen molar-refractivity contribution in [1.82, 2.24) is 4.90 Å². The molecule has 1 heterocycles. The Bertz CT molecular complexity index is 474. The summed E-state index contributed by atoms with van der Waals surface area (Å²) in [6.45, 7) is 2.94. The van der Waals surface area contributed by atoms with Gasteiger partial charge >= 0.3 is 5.97 Å². The Hall–Kier alpha value is -0.940. The number of piperidine rings is 1. The third-order valence-corrected chi connectivity index (χ3v) is 4.25. The maximum absolute atomic E-state index is 13.4.